The summed E-state index contributed by atoms with van der Waals surface area (Å²) >= 11 is 0. The minimum Gasteiger partial charge on any atom is -0.496 e. The molecule has 0 atom stereocenters. The summed E-state index contributed by atoms with van der Waals surface area (Å²) < 4.78 is 5.35. The molecule has 2 rings (SSSR count). The molecular formula is C20H30N2O3. The maximum absolute atomic E-state index is 12.9. The predicted octanol–water partition coefficient (Wildman–Crippen LogP) is 3.11. The first-order valence-corrected chi connectivity index (χ1v) is 9.24. The highest BCUT2D eigenvalue weighted by Gasteiger charge is 2.27. The summed E-state index contributed by atoms with van der Waals surface area (Å²) in [5.41, 5.74) is 1.63. The van der Waals surface area contributed by atoms with Crippen molar-refractivity contribution >= 4 is 11.8 Å². The fourth-order valence-electron chi connectivity index (χ4n) is 3.40. The number of nitrogens with zero attached hydrogens (tertiary/aromatic N) is 2. The number of ether oxygens (including phenoxy) is 1. The SMILES string of the molecule is CCC(CC)C(=O)N1CCCN(C(=O)c2cc(C)ccc2OC)CC1. The Morgan fingerprint density at radius 3 is 2.36 bits per heavy atom. The Morgan fingerprint density at radius 2 is 1.72 bits per heavy atom. The van der Waals surface area contributed by atoms with Gasteiger partial charge in [-0.15, -0.1) is 0 Å². The third-order valence-electron chi connectivity index (χ3n) is 5.02. The highest BCUT2D eigenvalue weighted by Crippen LogP contribution is 2.22. The lowest BCUT2D eigenvalue weighted by atomic mass is 10.0. The standard InChI is InChI=1S/C20H30N2O3/c1-5-16(6-2)19(23)21-10-7-11-22(13-12-21)20(24)17-14-15(3)8-9-18(17)25-4/h8-9,14,16H,5-7,10-13H2,1-4H3. The first-order chi connectivity index (χ1) is 12.0. The first kappa shape index (κ1) is 19.3. The van der Waals surface area contributed by atoms with Crippen LogP contribution < -0.4 is 4.74 Å². The maximum atomic E-state index is 12.9. The summed E-state index contributed by atoms with van der Waals surface area (Å²) in [6.45, 7) is 8.66. The van der Waals surface area contributed by atoms with Crippen LogP contribution in [-0.2, 0) is 4.79 Å². The smallest absolute Gasteiger partial charge is 0.257 e. The Morgan fingerprint density at radius 1 is 1.08 bits per heavy atom. The van der Waals surface area contributed by atoms with E-state index in [0.29, 0.717) is 30.9 Å². The fourth-order valence-corrected chi connectivity index (χ4v) is 3.40. The van der Waals surface area contributed by atoms with Gasteiger partial charge in [-0.2, -0.15) is 0 Å². The number of amides is 2. The molecule has 0 radical (unpaired) electrons. The molecule has 0 spiro atoms. The maximum Gasteiger partial charge on any atom is 0.257 e. The summed E-state index contributed by atoms with van der Waals surface area (Å²) in [6, 6.07) is 5.65. The number of hydrogen-bond donors (Lipinski definition) is 0. The third kappa shape index (κ3) is 4.53. The number of rotatable bonds is 5. The monoisotopic (exact) mass is 346 g/mol. The Bertz CT molecular complexity index is 611. The van der Waals surface area contributed by atoms with Gasteiger partial charge in [0.1, 0.15) is 5.75 Å². The van der Waals surface area contributed by atoms with Gasteiger partial charge in [0.25, 0.3) is 5.91 Å². The van der Waals surface area contributed by atoms with Gasteiger partial charge in [0.2, 0.25) is 5.91 Å². The Kier molecular flexibility index (Phi) is 6.85. The zero-order valence-electron chi connectivity index (χ0n) is 15.9. The molecule has 0 saturated carbocycles. The van der Waals surface area contributed by atoms with Gasteiger partial charge in [-0.05, 0) is 38.3 Å². The second-order valence-corrected chi connectivity index (χ2v) is 6.69. The van der Waals surface area contributed by atoms with E-state index in [1.807, 2.05) is 34.9 Å². The third-order valence-corrected chi connectivity index (χ3v) is 5.02. The number of hydrogen-bond acceptors (Lipinski definition) is 3. The van der Waals surface area contributed by atoms with Crippen molar-refractivity contribution in [1.82, 2.24) is 9.80 Å². The van der Waals surface area contributed by atoms with Gasteiger partial charge in [-0.1, -0.05) is 25.5 Å². The van der Waals surface area contributed by atoms with Crippen molar-refractivity contribution in [3.8, 4) is 5.75 Å². The Hall–Kier alpha value is -2.04. The van der Waals surface area contributed by atoms with Gasteiger partial charge in [0.15, 0.2) is 0 Å². The van der Waals surface area contributed by atoms with E-state index in [2.05, 4.69) is 13.8 Å². The van der Waals surface area contributed by atoms with E-state index < -0.39 is 0 Å². The summed E-state index contributed by atoms with van der Waals surface area (Å²) in [5.74, 6) is 0.911. The van der Waals surface area contributed by atoms with Crippen LogP contribution in [-0.4, -0.2) is 54.9 Å². The highest BCUT2D eigenvalue weighted by atomic mass is 16.5. The van der Waals surface area contributed by atoms with Gasteiger partial charge in [-0.3, -0.25) is 9.59 Å². The first-order valence-electron chi connectivity index (χ1n) is 9.24. The molecule has 1 fully saturated rings. The van der Waals surface area contributed by atoms with Gasteiger partial charge in [0.05, 0.1) is 12.7 Å². The van der Waals surface area contributed by atoms with Crippen molar-refractivity contribution in [2.75, 3.05) is 33.3 Å². The minimum absolute atomic E-state index is 0.0163. The van der Waals surface area contributed by atoms with Crippen LogP contribution in [0.5, 0.6) is 5.75 Å². The fraction of sp³-hybridized carbons (Fsp3) is 0.600. The topological polar surface area (TPSA) is 49.9 Å². The average Bonchev–Trinajstić information content (AvgIpc) is 2.88. The summed E-state index contributed by atoms with van der Waals surface area (Å²) in [7, 11) is 1.58. The van der Waals surface area contributed by atoms with Gasteiger partial charge in [0, 0.05) is 32.1 Å². The number of benzene rings is 1. The molecular weight excluding hydrogens is 316 g/mol. The van der Waals surface area contributed by atoms with E-state index in [-0.39, 0.29) is 17.7 Å². The summed E-state index contributed by atoms with van der Waals surface area (Å²) in [6.07, 6.45) is 2.55. The molecule has 2 amide bonds. The van der Waals surface area contributed by atoms with Crippen LogP contribution in [0.25, 0.3) is 0 Å². The number of carbonyl (C=O) groups is 2. The van der Waals surface area contributed by atoms with E-state index in [1.54, 1.807) is 7.11 Å². The lowest BCUT2D eigenvalue weighted by Crippen LogP contribution is -2.39. The van der Waals surface area contributed by atoms with Crippen molar-refractivity contribution in [3.63, 3.8) is 0 Å². The zero-order chi connectivity index (χ0) is 18.4. The van der Waals surface area contributed by atoms with Gasteiger partial charge < -0.3 is 14.5 Å². The molecule has 1 aromatic rings. The van der Waals surface area contributed by atoms with Gasteiger partial charge >= 0.3 is 0 Å². The van der Waals surface area contributed by atoms with E-state index in [4.69, 9.17) is 4.74 Å². The molecule has 25 heavy (non-hydrogen) atoms. The normalized spacial score (nSPS) is 15.2. The second-order valence-electron chi connectivity index (χ2n) is 6.69. The predicted molar refractivity (Wildman–Crippen MR) is 98.9 cm³/mol. The lowest BCUT2D eigenvalue weighted by molar-refractivity contribution is -0.135. The van der Waals surface area contributed by atoms with Gasteiger partial charge in [-0.25, -0.2) is 0 Å². The van der Waals surface area contributed by atoms with Crippen molar-refractivity contribution in [1.29, 1.82) is 0 Å². The largest absolute Gasteiger partial charge is 0.496 e. The van der Waals surface area contributed by atoms with Crippen LogP contribution in [0, 0.1) is 12.8 Å². The van der Waals surface area contributed by atoms with Crippen molar-refractivity contribution in [2.45, 2.75) is 40.0 Å². The van der Waals surface area contributed by atoms with Crippen LogP contribution in [0.4, 0.5) is 0 Å². The molecule has 1 aliphatic heterocycles. The zero-order valence-corrected chi connectivity index (χ0v) is 15.9. The molecule has 0 aromatic heterocycles. The van der Waals surface area contributed by atoms with E-state index in [9.17, 15) is 9.59 Å². The molecule has 1 aliphatic rings. The highest BCUT2D eigenvalue weighted by molar-refractivity contribution is 5.97. The molecule has 0 bridgehead atoms. The molecule has 1 heterocycles. The average molecular weight is 346 g/mol. The molecule has 0 N–H and O–H groups in total. The molecule has 0 aliphatic carbocycles. The van der Waals surface area contributed by atoms with E-state index in [0.717, 1.165) is 31.4 Å². The van der Waals surface area contributed by atoms with Crippen LogP contribution in [0.15, 0.2) is 18.2 Å². The van der Waals surface area contributed by atoms with Crippen molar-refractivity contribution in [2.24, 2.45) is 5.92 Å². The molecule has 1 aromatic carbocycles. The number of carbonyl (C=O) groups excluding carboxylic acids is 2. The van der Waals surface area contributed by atoms with Crippen molar-refractivity contribution in [3.05, 3.63) is 29.3 Å². The Labute approximate surface area is 150 Å². The molecule has 5 heteroatoms. The van der Waals surface area contributed by atoms with Crippen LogP contribution in [0.3, 0.4) is 0 Å². The molecule has 1 saturated heterocycles. The molecule has 0 unspecified atom stereocenters. The number of methoxy groups -OCH3 is 1. The second kappa shape index (κ2) is 8.88. The van der Waals surface area contributed by atoms with E-state index >= 15 is 0 Å². The minimum atomic E-state index is -0.0163. The van der Waals surface area contributed by atoms with Crippen LogP contribution in [0.2, 0.25) is 0 Å². The van der Waals surface area contributed by atoms with Crippen LogP contribution in [0.1, 0.15) is 49.0 Å². The summed E-state index contributed by atoms with van der Waals surface area (Å²) in [5, 5.41) is 0. The molecule has 5 nitrogen and oxygen atoms in total. The van der Waals surface area contributed by atoms with Crippen LogP contribution >= 0.6 is 0 Å². The lowest BCUT2D eigenvalue weighted by Gasteiger charge is -2.25. The quantitative estimate of drug-likeness (QED) is 0.823. The molecule has 138 valence electrons. The number of aryl methyl sites for hydroxylation is 1. The summed E-state index contributed by atoms with van der Waals surface area (Å²) in [4.78, 5) is 29.3. The van der Waals surface area contributed by atoms with E-state index in [1.165, 1.54) is 0 Å². The Balaban J connectivity index is 2.09. The van der Waals surface area contributed by atoms with Crippen molar-refractivity contribution < 1.29 is 14.3 Å².